The Balaban J connectivity index is 2.12. The van der Waals surface area contributed by atoms with Gasteiger partial charge in [-0.15, -0.1) is 0 Å². The summed E-state index contributed by atoms with van der Waals surface area (Å²) < 4.78 is 10.2. The molecular formula is C7H12O2. The molecule has 0 bridgehead atoms. The van der Waals surface area contributed by atoms with Crippen molar-refractivity contribution >= 4 is 0 Å². The highest BCUT2D eigenvalue weighted by Gasteiger charge is 2.40. The SMILES string of the molecule is C=C(C)OCC1(C)CO1. The minimum atomic E-state index is -0.00104. The number of ether oxygens (including phenoxy) is 2. The molecule has 1 atom stereocenters. The second-order valence-corrected chi connectivity index (χ2v) is 2.73. The summed E-state index contributed by atoms with van der Waals surface area (Å²) >= 11 is 0. The third kappa shape index (κ3) is 2.06. The van der Waals surface area contributed by atoms with Crippen molar-refractivity contribution < 1.29 is 9.47 Å². The first-order valence-electron chi connectivity index (χ1n) is 3.05. The topological polar surface area (TPSA) is 21.8 Å². The Morgan fingerprint density at radius 2 is 2.44 bits per heavy atom. The lowest BCUT2D eigenvalue weighted by atomic mass is 10.2. The van der Waals surface area contributed by atoms with Gasteiger partial charge in [0.05, 0.1) is 12.4 Å². The van der Waals surface area contributed by atoms with E-state index < -0.39 is 0 Å². The summed E-state index contributed by atoms with van der Waals surface area (Å²) in [6, 6.07) is 0. The zero-order chi connectivity index (χ0) is 6.91. The fraction of sp³-hybridized carbons (Fsp3) is 0.714. The van der Waals surface area contributed by atoms with Gasteiger partial charge in [0.2, 0.25) is 0 Å². The van der Waals surface area contributed by atoms with Crippen molar-refractivity contribution in [1.29, 1.82) is 0 Å². The van der Waals surface area contributed by atoms with E-state index in [9.17, 15) is 0 Å². The predicted molar refractivity (Wildman–Crippen MR) is 35.1 cm³/mol. The van der Waals surface area contributed by atoms with Crippen LogP contribution in [0.5, 0.6) is 0 Å². The van der Waals surface area contributed by atoms with Crippen LogP contribution in [0, 0.1) is 0 Å². The maximum Gasteiger partial charge on any atom is 0.123 e. The second kappa shape index (κ2) is 2.03. The molecule has 1 aliphatic heterocycles. The number of hydrogen-bond donors (Lipinski definition) is 0. The van der Waals surface area contributed by atoms with E-state index in [-0.39, 0.29) is 5.60 Å². The van der Waals surface area contributed by atoms with E-state index in [1.165, 1.54) is 0 Å². The molecule has 0 amide bonds. The Morgan fingerprint density at radius 1 is 1.89 bits per heavy atom. The summed E-state index contributed by atoms with van der Waals surface area (Å²) in [6.45, 7) is 8.93. The molecule has 0 spiro atoms. The van der Waals surface area contributed by atoms with Crippen molar-refractivity contribution in [2.45, 2.75) is 19.4 Å². The summed E-state index contributed by atoms with van der Waals surface area (Å²) in [6.07, 6.45) is 0. The molecule has 0 aromatic rings. The summed E-state index contributed by atoms with van der Waals surface area (Å²) in [5.41, 5.74) is -0.00104. The largest absolute Gasteiger partial charge is 0.496 e. The molecule has 0 aliphatic carbocycles. The first-order valence-corrected chi connectivity index (χ1v) is 3.05. The molecule has 0 N–H and O–H groups in total. The van der Waals surface area contributed by atoms with Gasteiger partial charge in [-0.3, -0.25) is 0 Å². The van der Waals surface area contributed by atoms with E-state index in [0.717, 1.165) is 12.4 Å². The molecule has 0 aromatic heterocycles. The molecule has 1 aliphatic rings. The summed E-state index contributed by atoms with van der Waals surface area (Å²) in [5.74, 6) is 0.756. The normalized spacial score (nSPS) is 31.8. The number of allylic oxidation sites excluding steroid dienone is 1. The van der Waals surface area contributed by atoms with Crippen molar-refractivity contribution in [3.05, 3.63) is 12.3 Å². The van der Waals surface area contributed by atoms with Gasteiger partial charge < -0.3 is 9.47 Å². The fourth-order valence-corrected chi connectivity index (χ4v) is 0.482. The van der Waals surface area contributed by atoms with Crippen LogP contribution in [-0.4, -0.2) is 18.8 Å². The van der Waals surface area contributed by atoms with Gasteiger partial charge in [-0.25, -0.2) is 0 Å². The Kier molecular flexibility index (Phi) is 1.49. The standard InChI is InChI=1S/C7H12O2/c1-6(2)8-4-7(3)5-9-7/h1,4-5H2,2-3H3. The molecule has 9 heavy (non-hydrogen) atoms. The van der Waals surface area contributed by atoms with Crippen molar-refractivity contribution in [3.8, 4) is 0 Å². The minimum Gasteiger partial charge on any atom is -0.496 e. The Hall–Kier alpha value is -0.500. The zero-order valence-electron chi connectivity index (χ0n) is 5.94. The van der Waals surface area contributed by atoms with Crippen LogP contribution in [0.15, 0.2) is 12.3 Å². The average Bonchev–Trinajstić information content (AvgIpc) is 2.45. The van der Waals surface area contributed by atoms with Crippen molar-refractivity contribution in [2.24, 2.45) is 0 Å². The fourth-order valence-electron chi connectivity index (χ4n) is 0.482. The first-order chi connectivity index (χ1) is 4.12. The van der Waals surface area contributed by atoms with Crippen LogP contribution in [0.2, 0.25) is 0 Å². The second-order valence-electron chi connectivity index (χ2n) is 2.73. The van der Waals surface area contributed by atoms with E-state index in [0.29, 0.717) is 6.61 Å². The predicted octanol–water partition coefficient (Wildman–Crippen LogP) is 1.33. The van der Waals surface area contributed by atoms with E-state index in [2.05, 4.69) is 6.58 Å². The monoisotopic (exact) mass is 128 g/mol. The lowest BCUT2D eigenvalue weighted by Crippen LogP contribution is -2.13. The van der Waals surface area contributed by atoms with Crippen LogP contribution in [0.25, 0.3) is 0 Å². The molecule has 0 aromatic carbocycles. The zero-order valence-corrected chi connectivity index (χ0v) is 5.94. The molecule has 1 unspecified atom stereocenters. The molecule has 52 valence electrons. The Bertz CT molecular complexity index is 125. The molecule has 0 saturated carbocycles. The minimum absolute atomic E-state index is 0.00104. The smallest absolute Gasteiger partial charge is 0.123 e. The van der Waals surface area contributed by atoms with Gasteiger partial charge >= 0.3 is 0 Å². The van der Waals surface area contributed by atoms with Crippen LogP contribution in [-0.2, 0) is 9.47 Å². The highest BCUT2D eigenvalue weighted by molar-refractivity contribution is 4.88. The third-order valence-electron chi connectivity index (χ3n) is 1.26. The van der Waals surface area contributed by atoms with Gasteiger partial charge in [-0.05, 0) is 13.8 Å². The van der Waals surface area contributed by atoms with Gasteiger partial charge in [0.15, 0.2) is 0 Å². The summed E-state index contributed by atoms with van der Waals surface area (Å²) in [7, 11) is 0. The molecule has 1 heterocycles. The van der Waals surface area contributed by atoms with Crippen LogP contribution in [0.4, 0.5) is 0 Å². The van der Waals surface area contributed by atoms with Crippen LogP contribution in [0.3, 0.4) is 0 Å². The average molecular weight is 128 g/mol. The third-order valence-corrected chi connectivity index (χ3v) is 1.26. The van der Waals surface area contributed by atoms with E-state index in [4.69, 9.17) is 9.47 Å². The van der Waals surface area contributed by atoms with E-state index in [1.54, 1.807) is 0 Å². The van der Waals surface area contributed by atoms with Crippen molar-refractivity contribution in [3.63, 3.8) is 0 Å². The number of hydrogen-bond acceptors (Lipinski definition) is 2. The van der Waals surface area contributed by atoms with Crippen LogP contribution in [0.1, 0.15) is 13.8 Å². The van der Waals surface area contributed by atoms with Gasteiger partial charge in [0.25, 0.3) is 0 Å². The van der Waals surface area contributed by atoms with Gasteiger partial charge in [0, 0.05) is 0 Å². The van der Waals surface area contributed by atoms with Crippen molar-refractivity contribution in [1.82, 2.24) is 0 Å². The lowest BCUT2D eigenvalue weighted by Gasteiger charge is -2.06. The Labute approximate surface area is 55.5 Å². The maximum absolute atomic E-state index is 5.15. The highest BCUT2D eigenvalue weighted by Crippen LogP contribution is 2.26. The quantitative estimate of drug-likeness (QED) is 0.422. The van der Waals surface area contributed by atoms with Gasteiger partial charge in [0.1, 0.15) is 12.2 Å². The number of rotatable bonds is 3. The molecule has 2 heteroatoms. The summed E-state index contributed by atoms with van der Waals surface area (Å²) in [5, 5.41) is 0. The lowest BCUT2D eigenvalue weighted by molar-refractivity contribution is 0.142. The van der Waals surface area contributed by atoms with Gasteiger partial charge in [-0.1, -0.05) is 6.58 Å². The van der Waals surface area contributed by atoms with Crippen LogP contribution < -0.4 is 0 Å². The molecule has 2 nitrogen and oxygen atoms in total. The van der Waals surface area contributed by atoms with E-state index >= 15 is 0 Å². The molecule has 1 fully saturated rings. The first kappa shape index (κ1) is 6.62. The highest BCUT2D eigenvalue weighted by atomic mass is 16.6. The number of epoxide rings is 1. The summed E-state index contributed by atoms with van der Waals surface area (Å²) in [4.78, 5) is 0. The van der Waals surface area contributed by atoms with Gasteiger partial charge in [-0.2, -0.15) is 0 Å². The molecular weight excluding hydrogens is 116 g/mol. The molecule has 1 saturated heterocycles. The van der Waals surface area contributed by atoms with Crippen LogP contribution >= 0.6 is 0 Å². The molecule has 1 rings (SSSR count). The maximum atomic E-state index is 5.15. The van der Waals surface area contributed by atoms with E-state index in [1.807, 2.05) is 13.8 Å². The Morgan fingerprint density at radius 3 is 2.78 bits per heavy atom. The van der Waals surface area contributed by atoms with Crippen molar-refractivity contribution in [2.75, 3.05) is 13.2 Å². The molecule has 0 radical (unpaired) electrons.